The zero-order valence-electron chi connectivity index (χ0n) is 9.48. The molecule has 0 aliphatic rings. The number of nitrogens with two attached hydrogens (primary N) is 1. The van der Waals surface area contributed by atoms with Gasteiger partial charge < -0.3 is 15.8 Å². The molecule has 16 heavy (non-hydrogen) atoms. The zero-order valence-corrected chi connectivity index (χ0v) is 9.48. The Morgan fingerprint density at radius 3 is 2.75 bits per heavy atom. The molecular weight excluding hydrogens is 204 g/mol. The van der Waals surface area contributed by atoms with E-state index in [1.807, 2.05) is 37.4 Å². The molecule has 0 unspecified atom stereocenters. The van der Waals surface area contributed by atoms with E-state index in [9.17, 15) is 4.79 Å². The topological polar surface area (TPSA) is 64.3 Å². The van der Waals surface area contributed by atoms with Crippen LogP contribution in [0.5, 0.6) is 0 Å². The molecule has 1 aromatic rings. The maximum Gasteiger partial charge on any atom is 0.323 e. The van der Waals surface area contributed by atoms with E-state index in [-0.39, 0.29) is 12.6 Å². The molecule has 1 aromatic carbocycles. The summed E-state index contributed by atoms with van der Waals surface area (Å²) < 4.78 is 5.10. The van der Waals surface area contributed by atoms with E-state index in [0.717, 1.165) is 5.56 Å². The molecule has 0 heterocycles. The van der Waals surface area contributed by atoms with Gasteiger partial charge in [0.15, 0.2) is 0 Å². The highest BCUT2D eigenvalue weighted by Crippen LogP contribution is 2.02. The summed E-state index contributed by atoms with van der Waals surface area (Å²) in [6, 6.07) is 9.01. The quantitative estimate of drug-likeness (QED) is 0.694. The van der Waals surface area contributed by atoms with E-state index in [1.54, 1.807) is 0 Å². The van der Waals surface area contributed by atoms with Crippen LogP contribution in [0.4, 0.5) is 0 Å². The Hall–Kier alpha value is -1.39. The van der Waals surface area contributed by atoms with Crippen molar-refractivity contribution >= 4 is 5.97 Å². The van der Waals surface area contributed by atoms with Crippen LogP contribution in [0.2, 0.25) is 0 Å². The van der Waals surface area contributed by atoms with Crippen LogP contribution in [0.25, 0.3) is 0 Å². The molecule has 0 bridgehead atoms. The van der Waals surface area contributed by atoms with Crippen molar-refractivity contribution in [2.75, 3.05) is 13.6 Å². The van der Waals surface area contributed by atoms with Gasteiger partial charge >= 0.3 is 5.97 Å². The van der Waals surface area contributed by atoms with Gasteiger partial charge in [-0.15, -0.1) is 0 Å². The van der Waals surface area contributed by atoms with Crippen LogP contribution in [0.3, 0.4) is 0 Å². The smallest absolute Gasteiger partial charge is 0.323 e. The minimum atomic E-state index is -0.545. The molecule has 0 saturated heterocycles. The van der Waals surface area contributed by atoms with Gasteiger partial charge in [0.25, 0.3) is 0 Å². The number of hydrogen-bond donors (Lipinski definition) is 2. The Bertz CT molecular complexity index is 314. The van der Waals surface area contributed by atoms with Crippen molar-refractivity contribution in [3.63, 3.8) is 0 Å². The number of nitrogens with one attached hydrogen (secondary N) is 1. The van der Waals surface area contributed by atoms with Gasteiger partial charge in [0.2, 0.25) is 0 Å². The Morgan fingerprint density at radius 2 is 2.12 bits per heavy atom. The third kappa shape index (κ3) is 4.42. The number of carbonyl (C=O) groups excluding carboxylic acids is 1. The second-order valence-corrected chi connectivity index (χ2v) is 3.59. The van der Waals surface area contributed by atoms with E-state index in [1.165, 1.54) is 0 Å². The second kappa shape index (κ2) is 6.98. The highest BCUT2D eigenvalue weighted by atomic mass is 16.5. The first kappa shape index (κ1) is 12.7. The van der Waals surface area contributed by atoms with Crippen LogP contribution in [0, 0.1) is 0 Å². The van der Waals surface area contributed by atoms with Crippen molar-refractivity contribution in [3.8, 4) is 0 Å². The van der Waals surface area contributed by atoms with Crippen LogP contribution >= 0.6 is 0 Å². The summed E-state index contributed by atoms with van der Waals surface area (Å²) in [7, 11) is 1.82. The molecule has 0 aliphatic heterocycles. The van der Waals surface area contributed by atoms with Gasteiger partial charge in [-0.2, -0.15) is 0 Å². The van der Waals surface area contributed by atoms with E-state index in [4.69, 9.17) is 10.5 Å². The van der Waals surface area contributed by atoms with Crippen molar-refractivity contribution in [2.24, 2.45) is 5.73 Å². The summed E-state index contributed by atoms with van der Waals surface area (Å²) in [5.74, 6) is -0.348. The van der Waals surface area contributed by atoms with Crippen LogP contribution in [0.15, 0.2) is 30.3 Å². The highest BCUT2D eigenvalue weighted by molar-refractivity contribution is 5.75. The summed E-state index contributed by atoms with van der Waals surface area (Å²) in [4.78, 5) is 11.4. The molecule has 0 spiro atoms. The zero-order chi connectivity index (χ0) is 11.8. The fourth-order valence-electron chi connectivity index (χ4n) is 1.25. The molecule has 0 amide bonds. The number of rotatable bonds is 6. The molecule has 0 saturated carbocycles. The van der Waals surface area contributed by atoms with E-state index < -0.39 is 6.04 Å². The largest absolute Gasteiger partial charge is 0.460 e. The fourth-order valence-corrected chi connectivity index (χ4v) is 1.25. The molecule has 0 aromatic heterocycles. The van der Waals surface area contributed by atoms with Crippen molar-refractivity contribution in [3.05, 3.63) is 35.9 Å². The van der Waals surface area contributed by atoms with Crippen molar-refractivity contribution in [2.45, 2.75) is 19.1 Å². The van der Waals surface area contributed by atoms with Crippen molar-refractivity contribution in [1.82, 2.24) is 5.32 Å². The fraction of sp³-hybridized carbons (Fsp3) is 0.417. The summed E-state index contributed by atoms with van der Waals surface area (Å²) in [6.45, 7) is 0.995. The number of benzene rings is 1. The number of carbonyl (C=O) groups is 1. The van der Waals surface area contributed by atoms with Gasteiger partial charge in [0.05, 0.1) is 0 Å². The summed E-state index contributed by atoms with van der Waals surface area (Å²) in [5, 5.41) is 2.94. The first-order valence-corrected chi connectivity index (χ1v) is 5.34. The van der Waals surface area contributed by atoms with Gasteiger partial charge in [-0.05, 0) is 25.6 Å². The van der Waals surface area contributed by atoms with Gasteiger partial charge in [-0.1, -0.05) is 30.3 Å². The van der Waals surface area contributed by atoms with Crippen molar-refractivity contribution < 1.29 is 9.53 Å². The Labute approximate surface area is 95.8 Å². The van der Waals surface area contributed by atoms with E-state index >= 15 is 0 Å². The second-order valence-electron chi connectivity index (χ2n) is 3.59. The lowest BCUT2D eigenvalue weighted by atomic mass is 10.2. The maximum atomic E-state index is 11.4. The molecule has 1 rings (SSSR count). The van der Waals surface area contributed by atoms with Crippen molar-refractivity contribution in [1.29, 1.82) is 0 Å². The molecule has 0 radical (unpaired) electrons. The summed E-state index contributed by atoms with van der Waals surface area (Å²) >= 11 is 0. The van der Waals surface area contributed by atoms with Crippen LogP contribution in [-0.4, -0.2) is 25.6 Å². The van der Waals surface area contributed by atoms with Crippen LogP contribution < -0.4 is 11.1 Å². The van der Waals surface area contributed by atoms with Gasteiger partial charge in [-0.3, -0.25) is 4.79 Å². The average Bonchev–Trinajstić information content (AvgIpc) is 2.34. The lowest BCUT2D eigenvalue weighted by molar-refractivity contribution is -0.146. The predicted molar refractivity (Wildman–Crippen MR) is 62.8 cm³/mol. The Balaban J connectivity index is 2.29. The first-order chi connectivity index (χ1) is 7.74. The standard InChI is InChI=1S/C12H18N2O2/c1-14-8-7-11(13)12(15)16-9-10-5-3-2-4-6-10/h2-6,11,14H,7-9,13H2,1H3/t11-/m0/s1. The highest BCUT2D eigenvalue weighted by Gasteiger charge is 2.13. The van der Waals surface area contributed by atoms with Crippen LogP contribution in [0.1, 0.15) is 12.0 Å². The molecular formula is C12H18N2O2. The lowest BCUT2D eigenvalue weighted by Crippen LogP contribution is -2.34. The molecule has 1 atom stereocenters. The van der Waals surface area contributed by atoms with Gasteiger partial charge in [0, 0.05) is 0 Å². The number of hydrogen-bond acceptors (Lipinski definition) is 4. The summed E-state index contributed by atoms with van der Waals surface area (Å²) in [6.07, 6.45) is 0.587. The predicted octanol–water partition coefficient (Wildman–Crippen LogP) is 0.667. The molecule has 4 nitrogen and oxygen atoms in total. The molecule has 3 N–H and O–H groups in total. The first-order valence-electron chi connectivity index (χ1n) is 5.34. The third-order valence-corrected chi connectivity index (χ3v) is 2.23. The summed E-state index contributed by atoms with van der Waals surface area (Å²) in [5.41, 5.74) is 6.62. The van der Waals surface area contributed by atoms with E-state index in [2.05, 4.69) is 5.32 Å². The monoisotopic (exact) mass is 222 g/mol. The number of ether oxygens (including phenoxy) is 1. The Kier molecular flexibility index (Phi) is 5.53. The molecule has 4 heteroatoms. The SMILES string of the molecule is CNCC[C@H](N)C(=O)OCc1ccccc1. The average molecular weight is 222 g/mol. The maximum absolute atomic E-state index is 11.4. The molecule has 0 aliphatic carbocycles. The van der Waals surface area contributed by atoms with E-state index in [0.29, 0.717) is 13.0 Å². The number of esters is 1. The van der Waals surface area contributed by atoms with Gasteiger partial charge in [0.1, 0.15) is 12.6 Å². The Morgan fingerprint density at radius 1 is 1.44 bits per heavy atom. The molecule has 0 fully saturated rings. The lowest BCUT2D eigenvalue weighted by Gasteiger charge is -2.11. The minimum absolute atomic E-state index is 0.285. The minimum Gasteiger partial charge on any atom is -0.460 e. The third-order valence-electron chi connectivity index (χ3n) is 2.23. The molecule has 88 valence electrons. The van der Waals surface area contributed by atoms with Gasteiger partial charge in [-0.25, -0.2) is 0 Å². The normalized spacial score (nSPS) is 12.1. The van der Waals surface area contributed by atoms with Crippen LogP contribution in [-0.2, 0) is 16.1 Å².